The van der Waals surface area contributed by atoms with Crippen molar-refractivity contribution in [3.8, 4) is 0 Å². The monoisotopic (exact) mass is 280 g/mol. The van der Waals surface area contributed by atoms with Crippen molar-refractivity contribution in [1.82, 2.24) is 5.32 Å². The fourth-order valence-corrected chi connectivity index (χ4v) is 3.02. The minimum atomic E-state index is -0.293. The highest BCUT2D eigenvalue weighted by Crippen LogP contribution is 2.36. The summed E-state index contributed by atoms with van der Waals surface area (Å²) < 4.78 is 0. The summed E-state index contributed by atoms with van der Waals surface area (Å²) in [7, 11) is 0. The maximum Gasteiger partial charge on any atom is 0.246 e. The van der Waals surface area contributed by atoms with E-state index in [4.69, 9.17) is 0 Å². The molecule has 0 spiro atoms. The number of nitrogens with one attached hydrogen (secondary N) is 1. The Hall–Kier alpha value is -2.16. The number of benzene rings is 2. The molecule has 1 aliphatic rings. The van der Waals surface area contributed by atoms with Gasteiger partial charge in [0.25, 0.3) is 0 Å². The van der Waals surface area contributed by atoms with E-state index in [-0.39, 0.29) is 23.9 Å². The van der Waals surface area contributed by atoms with Crippen LogP contribution < -0.4 is 5.32 Å². The maximum atomic E-state index is 12.3. The molecule has 108 valence electrons. The van der Waals surface area contributed by atoms with Crippen molar-refractivity contribution < 1.29 is 4.79 Å². The molecule has 3 heteroatoms. The Morgan fingerprint density at radius 3 is 2.57 bits per heavy atom. The van der Waals surface area contributed by atoms with Crippen LogP contribution in [0.15, 0.2) is 47.5 Å². The molecule has 21 heavy (non-hydrogen) atoms. The number of carbonyl (C=O) groups is 1. The van der Waals surface area contributed by atoms with E-state index in [2.05, 4.69) is 40.6 Å². The fourth-order valence-electron chi connectivity index (χ4n) is 3.02. The first-order valence-corrected chi connectivity index (χ1v) is 7.40. The lowest BCUT2D eigenvalue weighted by molar-refractivity contribution is -0.123. The lowest BCUT2D eigenvalue weighted by atomic mass is 9.80. The molecule has 0 unspecified atom stereocenters. The van der Waals surface area contributed by atoms with Gasteiger partial charge in [-0.05, 0) is 37.1 Å². The highest BCUT2D eigenvalue weighted by Gasteiger charge is 2.39. The van der Waals surface area contributed by atoms with Gasteiger partial charge < -0.3 is 5.32 Å². The number of aliphatic imine (C=N–C) groups is 1. The molecule has 1 N–H and O–H groups in total. The van der Waals surface area contributed by atoms with Crippen molar-refractivity contribution in [2.75, 3.05) is 0 Å². The molecule has 2 aromatic carbocycles. The second kappa shape index (κ2) is 5.32. The summed E-state index contributed by atoms with van der Waals surface area (Å²) in [6, 6.07) is 14.4. The van der Waals surface area contributed by atoms with E-state index in [1.165, 1.54) is 16.3 Å². The predicted molar refractivity (Wildman–Crippen MR) is 86.9 cm³/mol. The van der Waals surface area contributed by atoms with Crippen LogP contribution in [0.2, 0.25) is 0 Å². The van der Waals surface area contributed by atoms with Gasteiger partial charge >= 0.3 is 0 Å². The van der Waals surface area contributed by atoms with Gasteiger partial charge in [0.15, 0.2) is 0 Å². The van der Waals surface area contributed by atoms with Crippen molar-refractivity contribution in [1.29, 1.82) is 0 Å². The summed E-state index contributed by atoms with van der Waals surface area (Å²) in [4.78, 5) is 16.7. The van der Waals surface area contributed by atoms with Crippen molar-refractivity contribution in [3.05, 3.63) is 48.0 Å². The van der Waals surface area contributed by atoms with Crippen molar-refractivity contribution >= 4 is 22.4 Å². The van der Waals surface area contributed by atoms with Gasteiger partial charge in [0.1, 0.15) is 6.04 Å². The largest absolute Gasteiger partial charge is 0.352 e. The Bertz CT molecular complexity index is 713. The average molecular weight is 280 g/mol. The first kappa shape index (κ1) is 13.8. The van der Waals surface area contributed by atoms with Gasteiger partial charge in [0.05, 0.1) is 5.92 Å². The van der Waals surface area contributed by atoms with E-state index in [0.29, 0.717) is 0 Å². The van der Waals surface area contributed by atoms with Gasteiger partial charge in [-0.2, -0.15) is 0 Å². The normalized spacial score (nSPS) is 21.0. The van der Waals surface area contributed by atoms with Gasteiger partial charge in [-0.25, -0.2) is 0 Å². The number of hydrogen-bond donors (Lipinski definition) is 1. The van der Waals surface area contributed by atoms with E-state index in [1.807, 2.05) is 32.9 Å². The van der Waals surface area contributed by atoms with Gasteiger partial charge in [-0.15, -0.1) is 0 Å². The minimum absolute atomic E-state index is 0.0218. The van der Waals surface area contributed by atoms with Crippen LogP contribution in [-0.4, -0.2) is 23.7 Å². The number of nitrogens with zero attached hydrogens (tertiary/aromatic N) is 1. The average Bonchev–Trinajstić information content (AvgIpc) is 2.44. The van der Waals surface area contributed by atoms with Crippen LogP contribution in [0.5, 0.6) is 0 Å². The Morgan fingerprint density at radius 2 is 1.86 bits per heavy atom. The zero-order valence-corrected chi connectivity index (χ0v) is 12.6. The molecule has 0 fully saturated rings. The van der Waals surface area contributed by atoms with Crippen molar-refractivity contribution in [2.24, 2.45) is 4.99 Å². The first-order chi connectivity index (χ1) is 10.1. The number of fused-ring (bicyclic) bond motifs is 1. The molecular weight excluding hydrogens is 260 g/mol. The summed E-state index contributed by atoms with van der Waals surface area (Å²) in [6.07, 6.45) is 0. The van der Waals surface area contributed by atoms with Gasteiger partial charge in [0, 0.05) is 11.8 Å². The molecule has 3 rings (SSSR count). The molecular formula is C18H20N2O. The van der Waals surface area contributed by atoms with Crippen LogP contribution in [0.3, 0.4) is 0 Å². The van der Waals surface area contributed by atoms with Crippen LogP contribution in [-0.2, 0) is 4.79 Å². The summed E-state index contributed by atoms with van der Waals surface area (Å²) >= 11 is 0. The molecule has 2 atom stereocenters. The Morgan fingerprint density at radius 1 is 1.14 bits per heavy atom. The lowest BCUT2D eigenvalue weighted by Crippen LogP contribution is -2.47. The molecule has 1 amide bonds. The molecule has 0 radical (unpaired) electrons. The lowest BCUT2D eigenvalue weighted by Gasteiger charge is -2.33. The molecule has 3 nitrogen and oxygen atoms in total. The van der Waals surface area contributed by atoms with E-state index in [0.717, 1.165) is 5.71 Å². The Balaban J connectivity index is 1.99. The van der Waals surface area contributed by atoms with Crippen LogP contribution in [0.25, 0.3) is 10.8 Å². The third-order valence-electron chi connectivity index (χ3n) is 3.97. The SMILES string of the molecule is CC1=N[C@H](C(=O)NC(C)C)[C@H]1c1cccc2ccccc12. The van der Waals surface area contributed by atoms with Gasteiger partial charge in [-0.3, -0.25) is 9.79 Å². The Kier molecular flexibility index (Phi) is 3.50. The number of amides is 1. The maximum absolute atomic E-state index is 12.3. The van der Waals surface area contributed by atoms with Crippen LogP contribution >= 0.6 is 0 Å². The molecule has 0 aliphatic carbocycles. The van der Waals surface area contributed by atoms with E-state index < -0.39 is 0 Å². The van der Waals surface area contributed by atoms with E-state index >= 15 is 0 Å². The molecule has 2 aromatic rings. The summed E-state index contributed by atoms with van der Waals surface area (Å²) in [5, 5.41) is 5.38. The fraction of sp³-hybridized carbons (Fsp3) is 0.333. The van der Waals surface area contributed by atoms with Gasteiger partial charge in [-0.1, -0.05) is 42.5 Å². The topological polar surface area (TPSA) is 41.5 Å². The highest BCUT2D eigenvalue weighted by atomic mass is 16.2. The summed E-state index contributed by atoms with van der Waals surface area (Å²) in [5.41, 5.74) is 2.24. The number of carbonyl (C=O) groups excluding carboxylic acids is 1. The third-order valence-corrected chi connectivity index (χ3v) is 3.97. The molecule has 1 aliphatic heterocycles. The van der Waals surface area contributed by atoms with Crippen molar-refractivity contribution in [2.45, 2.75) is 38.8 Å². The molecule has 0 aromatic heterocycles. The number of hydrogen-bond acceptors (Lipinski definition) is 2. The molecule has 0 saturated carbocycles. The first-order valence-electron chi connectivity index (χ1n) is 7.40. The van der Waals surface area contributed by atoms with Crippen molar-refractivity contribution in [3.63, 3.8) is 0 Å². The summed E-state index contributed by atoms with van der Waals surface area (Å²) in [6.45, 7) is 5.95. The summed E-state index contributed by atoms with van der Waals surface area (Å²) in [5.74, 6) is 0.114. The third kappa shape index (κ3) is 2.44. The zero-order chi connectivity index (χ0) is 15.0. The van der Waals surface area contributed by atoms with Crippen LogP contribution in [0, 0.1) is 0 Å². The number of rotatable bonds is 3. The minimum Gasteiger partial charge on any atom is -0.352 e. The molecule has 0 bridgehead atoms. The Labute approximate surface area is 125 Å². The van der Waals surface area contributed by atoms with E-state index in [9.17, 15) is 4.79 Å². The smallest absolute Gasteiger partial charge is 0.246 e. The quantitative estimate of drug-likeness (QED) is 0.921. The second-order valence-corrected chi connectivity index (χ2v) is 5.92. The second-order valence-electron chi connectivity index (χ2n) is 5.92. The molecule has 1 heterocycles. The van der Waals surface area contributed by atoms with Gasteiger partial charge in [0.2, 0.25) is 5.91 Å². The standard InChI is InChI=1S/C18H20N2O/c1-11(2)19-18(21)17-16(12(3)20-17)15-10-6-8-13-7-4-5-9-14(13)15/h4-11,16-17H,1-3H3,(H,19,21)/t16-,17+/m1/s1. The predicted octanol–water partition coefficient (Wildman–Crippen LogP) is 3.29. The van der Waals surface area contributed by atoms with Crippen LogP contribution in [0.4, 0.5) is 0 Å². The zero-order valence-electron chi connectivity index (χ0n) is 12.6. The van der Waals surface area contributed by atoms with Crippen LogP contribution in [0.1, 0.15) is 32.3 Å². The molecule has 0 saturated heterocycles. The van der Waals surface area contributed by atoms with E-state index in [1.54, 1.807) is 0 Å². The highest BCUT2D eigenvalue weighted by molar-refractivity contribution is 6.06.